The minimum absolute atomic E-state index is 0.111. The summed E-state index contributed by atoms with van der Waals surface area (Å²) in [5.74, 6) is -1.38. The van der Waals surface area contributed by atoms with E-state index in [4.69, 9.17) is 5.11 Å². The number of carboxylic acids is 1. The molecule has 2 aromatic rings. The Morgan fingerprint density at radius 1 is 1.32 bits per heavy atom. The number of amides is 1. The van der Waals surface area contributed by atoms with Crippen molar-refractivity contribution in [3.8, 4) is 0 Å². The summed E-state index contributed by atoms with van der Waals surface area (Å²) in [7, 11) is 0. The van der Waals surface area contributed by atoms with Crippen molar-refractivity contribution in [2.24, 2.45) is 5.92 Å². The molecule has 1 atom stereocenters. The fraction of sp³-hybridized carbons (Fsp3) is 0.312. The molecule has 1 saturated heterocycles. The van der Waals surface area contributed by atoms with Gasteiger partial charge in [0.1, 0.15) is 4.88 Å². The molecule has 6 heteroatoms. The van der Waals surface area contributed by atoms with Gasteiger partial charge in [-0.15, -0.1) is 11.3 Å². The third-order valence-electron chi connectivity index (χ3n) is 3.79. The van der Waals surface area contributed by atoms with E-state index in [1.807, 2.05) is 30.3 Å². The minimum atomic E-state index is -0.829. The van der Waals surface area contributed by atoms with E-state index in [1.165, 1.54) is 11.3 Å². The molecule has 0 spiro atoms. The maximum Gasteiger partial charge on any atom is 0.308 e. The topological polar surface area (TPSA) is 70.5 Å². The van der Waals surface area contributed by atoms with E-state index >= 15 is 0 Å². The molecule has 1 amide bonds. The van der Waals surface area contributed by atoms with Crippen LogP contribution in [-0.4, -0.2) is 40.0 Å². The molecular weight excluding hydrogens is 300 g/mol. The summed E-state index contributed by atoms with van der Waals surface area (Å²) in [5, 5.41) is 9.90. The Hall–Kier alpha value is -2.21. The molecule has 5 nitrogen and oxygen atoms in total. The van der Waals surface area contributed by atoms with E-state index in [0.29, 0.717) is 30.8 Å². The van der Waals surface area contributed by atoms with Crippen LogP contribution in [0.5, 0.6) is 0 Å². The Kier molecular flexibility index (Phi) is 4.20. The monoisotopic (exact) mass is 316 g/mol. The molecule has 0 aliphatic carbocycles. The number of aromatic nitrogens is 1. The summed E-state index contributed by atoms with van der Waals surface area (Å²) in [6, 6.07) is 9.98. The highest BCUT2D eigenvalue weighted by atomic mass is 32.1. The fourth-order valence-corrected chi connectivity index (χ4v) is 3.48. The van der Waals surface area contributed by atoms with Crippen LogP contribution in [0.25, 0.3) is 0 Å². The first-order valence-electron chi connectivity index (χ1n) is 7.14. The average molecular weight is 316 g/mol. The van der Waals surface area contributed by atoms with Gasteiger partial charge in [0.2, 0.25) is 0 Å². The van der Waals surface area contributed by atoms with Crippen molar-refractivity contribution in [1.29, 1.82) is 0 Å². The van der Waals surface area contributed by atoms with E-state index in [2.05, 4.69) is 4.98 Å². The van der Waals surface area contributed by atoms with Crippen LogP contribution in [0.15, 0.2) is 36.5 Å². The van der Waals surface area contributed by atoms with E-state index in [9.17, 15) is 9.59 Å². The molecule has 0 bridgehead atoms. The minimum Gasteiger partial charge on any atom is -0.481 e. The van der Waals surface area contributed by atoms with Gasteiger partial charge >= 0.3 is 5.97 Å². The standard InChI is InChI=1S/C16H16N2O3S/c19-15(18-7-6-12(10-18)16(20)21)13-9-17-14(22-13)8-11-4-2-1-3-5-11/h1-5,9,12H,6-8,10H2,(H,20,21)/t12-/m1/s1. The average Bonchev–Trinajstić information content (AvgIpc) is 3.17. The first-order chi connectivity index (χ1) is 10.6. The number of rotatable bonds is 4. The van der Waals surface area contributed by atoms with Crippen molar-refractivity contribution < 1.29 is 14.7 Å². The predicted molar refractivity (Wildman–Crippen MR) is 83.0 cm³/mol. The number of likely N-dealkylation sites (tertiary alicyclic amines) is 1. The normalized spacial score (nSPS) is 17.6. The van der Waals surface area contributed by atoms with Crippen molar-refractivity contribution in [3.63, 3.8) is 0 Å². The summed E-state index contributed by atoms with van der Waals surface area (Å²) in [4.78, 5) is 29.9. The molecule has 0 unspecified atom stereocenters. The second-order valence-electron chi connectivity index (χ2n) is 5.36. The molecule has 1 aromatic carbocycles. The maximum absolute atomic E-state index is 12.4. The molecule has 0 radical (unpaired) electrons. The smallest absolute Gasteiger partial charge is 0.308 e. The van der Waals surface area contributed by atoms with Gasteiger partial charge in [0, 0.05) is 19.5 Å². The molecule has 1 aliphatic rings. The Balaban J connectivity index is 1.66. The molecule has 1 fully saturated rings. The van der Waals surface area contributed by atoms with Gasteiger partial charge in [-0.1, -0.05) is 30.3 Å². The van der Waals surface area contributed by atoms with Gasteiger partial charge in [-0.25, -0.2) is 4.98 Å². The lowest BCUT2D eigenvalue weighted by molar-refractivity contribution is -0.141. The zero-order valence-corrected chi connectivity index (χ0v) is 12.8. The quantitative estimate of drug-likeness (QED) is 0.939. The van der Waals surface area contributed by atoms with Gasteiger partial charge in [-0.3, -0.25) is 9.59 Å². The number of carbonyl (C=O) groups is 2. The number of nitrogens with zero attached hydrogens (tertiary/aromatic N) is 2. The second kappa shape index (κ2) is 6.27. The molecule has 1 N–H and O–H groups in total. The largest absolute Gasteiger partial charge is 0.481 e. The number of benzene rings is 1. The molecule has 1 aromatic heterocycles. The zero-order valence-electron chi connectivity index (χ0n) is 11.9. The SMILES string of the molecule is O=C(O)[C@@H]1CCN(C(=O)c2cnc(Cc3ccccc3)s2)C1. The Bertz CT molecular complexity index is 684. The van der Waals surface area contributed by atoms with E-state index in [1.54, 1.807) is 11.1 Å². The van der Waals surface area contributed by atoms with Gasteiger partial charge in [-0.2, -0.15) is 0 Å². The van der Waals surface area contributed by atoms with E-state index in [-0.39, 0.29) is 5.91 Å². The van der Waals surface area contributed by atoms with Gasteiger partial charge < -0.3 is 10.0 Å². The molecule has 114 valence electrons. The first kappa shape index (κ1) is 14.7. The maximum atomic E-state index is 12.4. The number of thiazole rings is 1. The van der Waals surface area contributed by atoms with Crippen molar-refractivity contribution in [2.45, 2.75) is 12.8 Å². The molecular formula is C16H16N2O3S. The number of hydrogen-bond acceptors (Lipinski definition) is 4. The van der Waals surface area contributed by atoms with Gasteiger partial charge in [0.05, 0.1) is 17.1 Å². The third kappa shape index (κ3) is 3.17. The Morgan fingerprint density at radius 3 is 2.77 bits per heavy atom. The summed E-state index contributed by atoms with van der Waals surface area (Å²) in [6.45, 7) is 0.793. The summed E-state index contributed by atoms with van der Waals surface area (Å²) in [6.07, 6.45) is 2.83. The number of carboxylic acid groups (broad SMARTS) is 1. The lowest BCUT2D eigenvalue weighted by Crippen LogP contribution is -2.29. The highest BCUT2D eigenvalue weighted by Gasteiger charge is 2.31. The number of aliphatic carboxylic acids is 1. The van der Waals surface area contributed by atoms with Crippen LogP contribution in [-0.2, 0) is 11.2 Å². The molecule has 2 heterocycles. The second-order valence-corrected chi connectivity index (χ2v) is 6.47. The highest BCUT2D eigenvalue weighted by molar-refractivity contribution is 7.13. The van der Waals surface area contributed by atoms with Gasteiger partial charge in [0.15, 0.2) is 0 Å². The van der Waals surface area contributed by atoms with Gasteiger partial charge in [0.25, 0.3) is 5.91 Å². The van der Waals surface area contributed by atoms with Crippen molar-refractivity contribution in [1.82, 2.24) is 9.88 Å². The third-order valence-corrected chi connectivity index (χ3v) is 4.77. The lowest BCUT2D eigenvalue weighted by Gasteiger charge is -2.13. The van der Waals surface area contributed by atoms with Crippen molar-refractivity contribution in [3.05, 3.63) is 52.0 Å². The number of carbonyl (C=O) groups excluding carboxylic acids is 1. The van der Waals surface area contributed by atoms with Gasteiger partial charge in [-0.05, 0) is 12.0 Å². The summed E-state index contributed by atoms with van der Waals surface area (Å²) < 4.78 is 0. The van der Waals surface area contributed by atoms with Crippen LogP contribution in [0.4, 0.5) is 0 Å². The molecule has 3 rings (SSSR count). The first-order valence-corrected chi connectivity index (χ1v) is 7.96. The highest BCUT2D eigenvalue weighted by Crippen LogP contribution is 2.23. The van der Waals surface area contributed by atoms with Crippen LogP contribution >= 0.6 is 11.3 Å². The molecule has 0 saturated carbocycles. The van der Waals surface area contributed by atoms with Crippen molar-refractivity contribution in [2.75, 3.05) is 13.1 Å². The zero-order chi connectivity index (χ0) is 15.5. The van der Waals surface area contributed by atoms with Crippen LogP contribution in [0.1, 0.15) is 26.7 Å². The van der Waals surface area contributed by atoms with Crippen LogP contribution in [0.3, 0.4) is 0 Å². The van der Waals surface area contributed by atoms with E-state index < -0.39 is 11.9 Å². The Labute approximate surface area is 132 Å². The summed E-state index contributed by atoms with van der Waals surface area (Å²) >= 11 is 1.38. The summed E-state index contributed by atoms with van der Waals surface area (Å²) in [5.41, 5.74) is 1.16. The van der Waals surface area contributed by atoms with Crippen LogP contribution < -0.4 is 0 Å². The van der Waals surface area contributed by atoms with Crippen LogP contribution in [0, 0.1) is 5.92 Å². The fourth-order valence-electron chi connectivity index (χ4n) is 2.56. The van der Waals surface area contributed by atoms with E-state index in [0.717, 1.165) is 10.6 Å². The predicted octanol–water partition coefficient (Wildman–Crippen LogP) is 2.28. The number of hydrogen-bond donors (Lipinski definition) is 1. The Morgan fingerprint density at radius 2 is 2.09 bits per heavy atom. The van der Waals surface area contributed by atoms with Crippen molar-refractivity contribution >= 4 is 23.2 Å². The molecule has 1 aliphatic heterocycles. The molecule has 22 heavy (non-hydrogen) atoms. The van der Waals surface area contributed by atoms with Crippen LogP contribution in [0.2, 0.25) is 0 Å². The lowest BCUT2D eigenvalue weighted by atomic mass is 10.1.